The quantitative estimate of drug-likeness (QED) is 0.646. The molecule has 0 aliphatic heterocycles. The van der Waals surface area contributed by atoms with Crippen LogP contribution in [0.1, 0.15) is 34.6 Å². The maximum atomic E-state index is 11.6. The molecular weight excluding hydrogens is 240 g/mol. The zero-order chi connectivity index (χ0) is 12.8. The largest absolute Gasteiger partial charge is 0.478 e. The lowest BCUT2D eigenvalue weighted by molar-refractivity contribution is 0.0514. The van der Waals surface area contributed by atoms with Crippen molar-refractivity contribution in [2.45, 2.75) is 18.7 Å². The van der Waals surface area contributed by atoms with E-state index in [1.165, 1.54) is 6.07 Å². The molecule has 1 aromatic rings. The summed E-state index contributed by atoms with van der Waals surface area (Å²) >= 11 is 1.54. The van der Waals surface area contributed by atoms with Crippen molar-refractivity contribution in [1.82, 2.24) is 0 Å². The number of carbonyl (C=O) groups is 2. The Labute approximate surface area is 104 Å². The lowest BCUT2D eigenvalue weighted by atomic mass is 10.1. The van der Waals surface area contributed by atoms with Crippen molar-refractivity contribution in [2.24, 2.45) is 0 Å². The smallest absolute Gasteiger partial charge is 0.339 e. The molecule has 17 heavy (non-hydrogen) atoms. The lowest BCUT2D eigenvalue weighted by Crippen LogP contribution is -2.11. The highest BCUT2D eigenvalue weighted by atomic mass is 32.2. The van der Waals surface area contributed by atoms with E-state index in [4.69, 9.17) is 9.84 Å². The van der Waals surface area contributed by atoms with Gasteiger partial charge in [-0.1, -0.05) is 6.92 Å². The normalized spacial score (nSPS) is 10.0. The second-order valence-electron chi connectivity index (χ2n) is 3.17. The van der Waals surface area contributed by atoms with Gasteiger partial charge in [0.2, 0.25) is 0 Å². The standard InChI is InChI=1S/C12H14O4S/c1-3-16-12(15)10-7-8(17-4-2)5-6-9(10)11(13)14/h5-7H,3-4H2,1-2H3,(H,13,14). The van der Waals surface area contributed by atoms with E-state index in [0.29, 0.717) is 0 Å². The van der Waals surface area contributed by atoms with Crippen molar-refractivity contribution in [3.63, 3.8) is 0 Å². The first-order chi connectivity index (χ1) is 8.10. The summed E-state index contributed by atoms with van der Waals surface area (Å²) in [5.41, 5.74) is 0.0849. The number of hydrogen-bond donors (Lipinski definition) is 1. The zero-order valence-electron chi connectivity index (χ0n) is 9.73. The van der Waals surface area contributed by atoms with Gasteiger partial charge >= 0.3 is 11.9 Å². The van der Waals surface area contributed by atoms with Crippen LogP contribution in [0.5, 0.6) is 0 Å². The van der Waals surface area contributed by atoms with E-state index >= 15 is 0 Å². The van der Waals surface area contributed by atoms with Gasteiger partial charge in [-0.2, -0.15) is 0 Å². The van der Waals surface area contributed by atoms with Gasteiger partial charge in [0.25, 0.3) is 0 Å². The monoisotopic (exact) mass is 254 g/mol. The highest BCUT2D eigenvalue weighted by molar-refractivity contribution is 7.99. The van der Waals surface area contributed by atoms with Gasteiger partial charge in [-0.15, -0.1) is 11.8 Å². The molecule has 1 aromatic carbocycles. The van der Waals surface area contributed by atoms with Crippen LogP contribution in [-0.4, -0.2) is 29.4 Å². The molecule has 1 N–H and O–H groups in total. The minimum Gasteiger partial charge on any atom is -0.478 e. The molecule has 0 unspecified atom stereocenters. The number of ether oxygens (including phenoxy) is 1. The molecule has 0 aromatic heterocycles. The summed E-state index contributed by atoms with van der Waals surface area (Å²) in [6.07, 6.45) is 0. The molecule has 0 amide bonds. The summed E-state index contributed by atoms with van der Waals surface area (Å²) in [7, 11) is 0. The number of carboxylic acids is 1. The summed E-state index contributed by atoms with van der Waals surface area (Å²) in [6.45, 7) is 3.89. The molecule has 0 heterocycles. The van der Waals surface area contributed by atoms with Crippen molar-refractivity contribution >= 4 is 23.7 Å². The predicted molar refractivity (Wildman–Crippen MR) is 65.8 cm³/mol. The van der Waals surface area contributed by atoms with Crippen LogP contribution < -0.4 is 0 Å². The average Bonchev–Trinajstić information content (AvgIpc) is 2.29. The molecular formula is C12H14O4S. The molecule has 5 heteroatoms. The zero-order valence-corrected chi connectivity index (χ0v) is 10.5. The van der Waals surface area contributed by atoms with Gasteiger partial charge in [-0.3, -0.25) is 0 Å². The number of hydrogen-bond acceptors (Lipinski definition) is 4. The number of carboxylic acid groups (broad SMARTS) is 1. The molecule has 0 bridgehead atoms. The minimum absolute atomic E-state index is 0.0242. The SMILES string of the molecule is CCOC(=O)c1cc(SCC)ccc1C(=O)O. The van der Waals surface area contributed by atoms with Gasteiger partial charge in [0, 0.05) is 4.90 Å². The van der Waals surface area contributed by atoms with Crippen LogP contribution in [0.3, 0.4) is 0 Å². The van der Waals surface area contributed by atoms with Crippen LogP contribution in [0.25, 0.3) is 0 Å². The van der Waals surface area contributed by atoms with Gasteiger partial charge in [-0.25, -0.2) is 9.59 Å². The topological polar surface area (TPSA) is 63.6 Å². The van der Waals surface area contributed by atoms with Crippen molar-refractivity contribution in [3.05, 3.63) is 29.3 Å². The Kier molecular flexibility index (Phi) is 5.03. The van der Waals surface area contributed by atoms with Crippen LogP contribution in [0.15, 0.2) is 23.1 Å². The molecule has 0 fully saturated rings. The summed E-state index contributed by atoms with van der Waals surface area (Å²) in [4.78, 5) is 23.5. The van der Waals surface area contributed by atoms with E-state index in [1.54, 1.807) is 30.8 Å². The van der Waals surface area contributed by atoms with Crippen LogP contribution >= 0.6 is 11.8 Å². The fraction of sp³-hybridized carbons (Fsp3) is 0.333. The number of benzene rings is 1. The Morgan fingerprint density at radius 1 is 1.29 bits per heavy atom. The van der Waals surface area contributed by atoms with Gasteiger partial charge in [0.1, 0.15) is 0 Å². The van der Waals surface area contributed by atoms with Crippen molar-refractivity contribution in [2.75, 3.05) is 12.4 Å². The van der Waals surface area contributed by atoms with E-state index in [1.807, 2.05) is 6.92 Å². The Balaban J connectivity index is 3.15. The number of carbonyl (C=O) groups excluding carboxylic acids is 1. The third kappa shape index (κ3) is 3.49. The third-order valence-electron chi connectivity index (χ3n) is 2.03. The van der Waals surface area contributed by atoms with Crippen LogP contribution in [0, 0.1) is 0 Å². The van der Waals surface area contributed by atoms with Crippen LogP contribution in [-0.2, 0) is 4.74 Å². The Hall–Kier alpha value is -1.49. The van der Waals surface area contributed by atoms with Gasteiger partial charge in [0.15, 0.2) is 0 Å². The van der Waals surface area contributed by atoms with E-state index in [0.717, 1.165) is 10.6 Å². The molecule has 0 saturated heterocycles. The van der Waals surface area contributed by atoms with Crippen molar-refractivity contribution in [1.29, 1.82) is 0 Å². The molecule has 0 spiro atoms. The second kappa shape index (κ2) is 6.30. The van der Waals surface area contributed by atoms with Crippen molar-refractivity contribution < 1.29 is 19.4 Å². The molecule has 4 nitrogen and oxygen atoms in total. The maximum absolute atomic E-state index is 11.6. The fourth-order valence-electron chi connectivity index (χ4n) is 1.34. The molecule has 92 valence electrons. The highest BCUT2D eigenvalue weighted by Gasteiger charge is 2.18. The Bertz CT molecular complexity index is 429. The molecule has 0 aliphatic rings. The Morgan fingerprint density at radius 3 is 2.53 bits per heavy atom. The first-order valence-corrected chi connectivity index (χ1v) is 6.26. The fourth-order valence-corrected chi connectivity index (χ4v) is 2.04. The van der Waals surface area contributed by atoms with Gasteiger partial charge in [-0.05, 0) is 30.9 Å². The highest BCUT2D eigenvalue weighted by Crippen LogP contribution is 2.22. The van der Waals surface area contributed by atoms with Crippen molar-refractivity contribution in [3.8, 4) is 0 Å². The number of esters is 1. The average molecular weight is 254 g/mol. The summed E-state index contributed by atoms with van der Waals surface area (Å²) in [5.74, 6) is -0.862. The molecule has 0 saturated carbocycles. The Morgan fingerprint density at radius 2 is 2.00 bits per heavy atom. The van der Waals surface area contributed by atoms with Gasteiger partial charge < -0.3 is 9.84 Å². The van der Waals surface area contributed by atoms with Gasteiger partial charge in [0.05, 0.1) is 17.7 Å². The third-order valence-corrected chi connectivity index (χ3v) is 2.90. The van der Waals surface area contributed by atoms with E-state index in [9.17, 15) is 9.59 Å². The van der Waals surface area contributed by atoms with E-state index < -0.39 is 11.9 Å². The first-order valence-electron chi connectivity index (χ1n) is 5.27. The predicted octanol–water partition coefficient (Wildman–Crippen LogP) is 2.67. The number of rotatable bonds is 5. The minimum atomic E-state index is -1.12. The summed E-state index contributed by atoms with van der Waals surface area (Å²) in [6, 6.07) is 4.70. The van der Waals surface area contributed by atoms with Crippen LogP contribution in [0.2, 0.25) is 0 Å². The van der Waals surface area contributed by atoms with E-state index in [2.05, 4.69) is 0 Å². The summed E-state index contributed by atoms with van der Waals surface area (Å²) < 4.78 is 4.84. The number of thioether (sulfide) groups is 1. The molecule has 0 radical (unpaired) electrons. The van der Waals surface area contributed by atoms with E-state index in [-0.39, 0.29) is 17.7 Å². The number of aromatic carboxylic acids is 1. The molecule has 0 atom stereocenters. The molecule has 1 rings (SSSR count). The molecule has 0 aliphatic carbocycles. The maximum Gasteiger partial charge on any atom is 0.339 e. The second-order valence-corrected chi connectivity index (χ2v) is 4.50. The first kappa shape index (κ1) is 13.6. The van der Waals surface area contributed by atoms with Crippen LogP contribution in [0.4, 0.5) is 0 Å². The summed E-state index contributed by atoms with van der Waals surface area (Å²) in [5, 5.41) is 8.99. The lowest BCUT2D eigenvalue weighted by Gasteiger charge is -2.07.